The molecule has 0 N–H and O–H groups in total. The van der Waals surface area contributed by atoms with Crippen LogP contribution in [0.2, 0.25) is 0 Å². The van der Waals surface area contributed by atoms with Crippen molar-refractivity contribution in [1.82, 2.24) is 0 Å². The van der Waals surface area contributed by atoms with Gasteiger partial charge in [0.15, 0.2) is 0 Å². The van der Waals surface area contributed by atoms with Gasteiger partial charge in [0, 0.05) is 6.42 Å². The molecule has 0 aromatic heterocycles. The van der Waals surface area contributed by atoms with E-state index in [9.17, 15) is 8.78 Å². The van der Waals surface area contributed by atoms with E-state index in [1.807, 2.05) is 6.07 Å². The van der Waals surface area contributed by atoms with Crippen molar-refractivity contribution in [2.45, 2.75) is 25.7 Å². The molecule has 1 unspecified atom stereocenters. The molecule has 4 heteroatoms. The number of halogens is 2. The molecule has 0 radical (unpaired) electrons. The minimum absolute atomic E-state index is 0.157. The van der Waals surface area contributed by atoms with Crippen LogP contribution in [0.3, 0.4) is 0 Å². The normalized spacial score (nSPS) is 10.6. The summed E-state index contributed by atoms with van der Waals surface area (Å²) in [7, 11) is 0. The Bertz CT molecular complexity index is 649. The predicted molar refractivity (Wildman–Crippen MR) is 80.8 cm³/mol. The first-order valence-corrected chi connectivity index (χ1v) is 6.83. The van der Waals surface area contributed by atoms with Gasteiger partial charge in [0.2, 0.25) is 0 Å². The van der Waals surface area contributed by atoms with Crippen LogP contribution in [0.5, 0.6) is 0 Å². The fourth-order valence-electron chi connectivity index (χ4n) is 1.68. The average molecular weight is 298 g/mol. The lowest BCUT2D eigenvalue weighted by molar-refractivity contribution is 0.626. The Morgan fingerprint density at radius 1 is 0.909 bits per heavy atom. The molecule has 0 heterocycles. The standard InChI is InChI=1S/2C9H8FN/c1-7(6-11)8-2-4-9(10)5-3-8;10-9-5-3-8(4-6-9)2-1-7-11/h2-5,7H,1H3;3-6H,1-2H2. The van der Waals surface area contributed by atoms with Crippen molar-refractivity contribution in [3.8, 4) is 12.1 Å². The minimum Gasteiger partial charge on any atom is -0.207 e. The molecule has 112 valence electrons. The number of nitriles is 2. The third-order valence-corrected chi connectivity index (χ3v) is 3.00. The van der Waals surface area contributed by atoms with Crippen LogP contribution >= 0.6 is 0 Å². The van der Waals surface area contributed by atoms with Gasteiger partial charge in [-0.2, -0.15) is 10.5 Å². The molecule has 0 aliphatic rings. The third-order valence-electron chi connectivity index (χ3n) is 3.00. The van der Waals surface area contributed by atoms with Gasteiger partial charge in [-0.3, -0.25) is 0 Å². The van der Waals surface area contributed by atoms with Crippen molar-refractivity contribution in [3.63, 3.8) is 0 Å². The summed E-state index contributed by atoms with van der Waals surface area (Å²) in [5.74, 6) is -0.653. The maximum absolute atomic E-state index is 12.4. The van der Waals surface area contributed by atoms with Crippen molar-refractivity contribution in [2.75, 3.05) is 0 Å². The van der Waals surface area contributed by atoms with Gasteiger partial charge < -0.3 is 0 Å². The summed E-state index contributed by atoms with van der Waals surface area (Å²) in [6.07, 6.45) is 1.20. The van der Waals surface area contributed by atoms with E-state index in [1.165, 1.54) is 24.3 Å². The minimum atomic E-state index is -0.265. The fourth-order valence-corrected chi connectivity index (χ4v) is 1.68. The largest absolute Gasteiger partial charge is 0.207 e. The van der Waals surface area contributed by atoms with E-state index in [0.29, 0.717) is 12.8 Å². The van der Waals surface area contributed by atoms with E-state index in [-0.39, 0.29) is 17.6 Å². The quantitative estimate of drug-likeness (QED) is 0.822. The molecule has 0 spiro atoms. The molecule has 0 saturated heterocycles. The average Bonchev–Trinajstić information content (AvgIpc) is 2.55. The first-order valence-electron chi connectivity index (χ1n) is 6.83. The van der Waals surface area contributed by atoms with E-state index in [2.05, 4.69) is 6.07 Å². The van der Waals surface area contributed by atoms with Gasteiger partial charge in [-0.1, -0.05) is 24.3 Å². The molecule has 0 aliphatic heterocycles. The number of hydrogen-bond donors (Lipinski definition) is 0. The summed E-state index contributed by atoms with van der Waals surface area (Å²) in [6.45, 7) is 1.78. The number of hydrogen-bond acceptors (Lipinski definition) is 2. The Morgan fingerprint density at radius 3 is 1.86 bits per heavy atom. The summed E-state index contributed by atoms with van der Waals surface area (Å²) < 4.78 is 24.7. The summed E-state index contributed by atoms with van der Waals surface area (Å²) in [4.78, 5) is 0. The predicted octanol–water partition coefficient (Wildman–Crippen LogP) is 4.73. The van der Waals surface area contributed by atoms with E-state index >= 15 is 0 Å². The van der Waals surface area contributed by atoms with E-state index in [4.69, 9.17) is 10.5 Å². The zero-order valence-electron chi connectivity index (χ0n) is 12.3. The zero-order chi connectivity index (χ0) is 16.4. The van der Waals surface area contributed by atoms with E-state index in [1.54, 1.807) is 31.2 Å². The molecule has 2 nitrogen and oxygen atoms in total. The van der Waals surface area contributed by atoms with Crippen LogP contribution in [0.4, 0.5) is 8.78 Å². The molecule has 2 aromatic rings. The lowest BCUT2D eigenvalue weighted by Gasteiger charge is -2.00. The monoisotopic (exact) mass is 298 g/mol. The molecule has 0 amide bonds. The molecular weight excluding hydrogens is 282 g/mol. The molecule has 0 saturated carbocycles. The van der Waals surface area contributed by atoms with Crippen molar-refractivity contribution >= 4 is 0 Å². The molecule has 1 atom stereocenters. The lowest BCUT2D eigenvalue weighted by atomic mass is 10.0. The van der Waals surface area contributed by atoms with Crippen LogP contribution in [-0.4, -0.2) is 0 Å². The Labute approximate surface area is 129 Å². The van der Waals surface area contributed by atoms with Gasteiger partial charge in [-0.15, -0.1) is 0 Å². The van der Waals surface area contributed by atoms with Gasteiger partial charge in [-0.05, 0) is 48.7 Å². The Balaban J connectivity index is 0.000000220. The molecule has 0 aliphatic carbocycles. The maximum atomic E-state index is 12.4. The third kappa shape index (κ3) is 6.15. The zero-order valence-corrected chi connectivity index (χ0v) is 12.3. The van der Waals surface area contributed by atoms with Gasteiger partial charge in [0.1, 0.15) is 11.6 Å². The molecule has 0 bridgehead atoms. The first kappa shape index (κ1) is 17.3. The number of nitrogens with zero attached hydrogens (tertiary/aromatic N) is 2. The Hall–Kier alpha value is -2.72. The van der Waals surface area contributed by atoms with Crippen LogP contribution in [0.25, 0.3) is 0 Å². The highest BCUT2D eigenvalue weighted by molar-refractivity contribution is 5.24. The smallest absolute Gasteiger partial charge is 0.123 e. The highest BCUT2D eigenvalue weighted by Gasteiger charge is 2.01. The van der Waals surface area contributed by atoms with Gasteiger partial charge in [-0.25, -0.2) is 8.78 Å². The van der Waals surface area contributed by atoms with Crippen LogP contribution in [0, 0.1) is 34.3 Å². The maximum Gasteiger partial charge on any atom is 0.123 e. The van der Waals surface area contributed by atoms with Gasteiger partial charge in [0.05, 0.1) is 18.1 Å². The van der Waals surface area contributed by atoms with Gasteiger partial charge >= 0.3 is 0 Å². The highest BCUT2D eigenvalue weighted by atomic mass is 19.1. The second-order valence-corrected chi connectivity index (χ2v) is 4.69. The first-order chi connectivity index (χ1) is 10.6. The molecular formula is C18H16F2N2. The van der Waals surface area contributed by atoms with Crippen molar-refractivity contribution in [3.05, 3.63) is 71.3 Å². The lowest BCUT2D eigenvalue weighted by Crippen LogP contribution is -1.88. The summed E-state index contributed by atoms with van der Waals surface area (Å²) in [6, 6.07) is 16.3. The SMILES string of the molecule is CC(C#N)c1ccc(F)cc1.N#CCCc1ccc(F)cc1. The van der Waals surface area contributed by atoms with Crippen LogP contribution in [0.1, 0.15) is 30.4 Å². The van der Waals surface area contributed by atoms with E-state index in [0.717, 1.165) is 11.1 Å². The Morgan fingerprint density at radius 2 is 1.41 bits per heavy atom. The van der Waals surface area contributed by atoms with Crippen molar-refractivity contribution in [2.24, 2.45) is 0 Å². The van der Waals surface area contributed by atoms with Crippen molar-refractivity contribution < 1.29 is 8.78 Å². The number of rotatable bonds is 3. The summed E-state index contributed by atoms with van der Waals surface area (Å²) in [5, 5.41) is 16.8. The molecule has 2 rings (SSSR count). The van der Waals surface area contributed by atoms with Crippen LogP contribution < -0.4 is 0 Å². The number of benzene rings is 2. The molecule has 0 fully saturated rings. The topological polar surface area (TPSA) is 47.6 Å². The summed E-state index contributed by atoms with van der Waals surface area (Å²) >= 11 is 0. The fraction of sp³-hybridized carbons (Fsp3) is 0.222. The van der Waals surface area contributed by atoms with Crippen LogP contribution in [0.15, 0.2) is 48.5 Å². The van der Waals surface area contributed by atoms with E-state index < -0.39 is 0 Å². The second kappa shape index (κ2) is 9.26. The summed E-state index contributed by atoms with van der Waals surface area (Å²) in [5.41, 5.74) is 1.86. The second-order valence-electron chi connectivity index (χ2n) is 4.69. The van der Waals surface area contributed by atoms with Gasteiger partial charge in [0.25, 0.3) is 0 Å². The van der Waals surface area contributed by atoms with Crippen LogP contribution in [-0.2, 0) is 6.42 Å². The number of aryl methyl sites for hydroxylation is 1. The molecule has 2 aromatic carbocycles. The Kier molecular flexibility index (Phi) is 7.29. The molecule has 22 heavy (non-hydrogen) atoms. The van der Waals surface area contributed by atoms with Crippen molar-refractivity contribution in [1.29, 1.82) is 10.5 Å². The highest BCUT2D eigenvalue weighted by Crippen LogP contribution is 2.13.